The number of rotatable bonds is 4. The molecule has 0 saturated heterocycles. The van der Waals surface area contributed by atoms with Gasteiger partial charge in [-0.1, -0.05) is 11.6 Å². The number of carbonyl (C=O) groups excluding carboxylic acids is 1. The molecule has 0 aliphatic rings. The minimum absolute atomic E-state index is 0.216. The highest BCUT2D eigenvalue weighted by molar-refractivity contribution is 6.30. The smallest absolute Gasteiger partial charge is 0.407 e. The fraction of sp³-hybridized carbons (Fsp3) is 0.500. The molecule has 1 atom stereocenters. The SMILES string of the molecule is CC(C)(C)OC(=O)NC(CN)Cc1cc(F)cc(Cl)c1. The van der Waals surface area contributed by atoms with E-state index in [0.717, 1.165) is 0 Å². The Bertz CT molecular complexity index is 454. The largest absolute Gasteiger partial charge is 0.444 e. The van der Waals surface area contributed by atoms with Crippen molar-refractivity contribution in [3.63, 3.8) is 0 Å². The number of amides is 1. The second kappa shape index (κ2) is 6.90. The summed E-state index contributed by atoms with van der Waals surface area (Å²) < 4.78 is 18.4. The molecule has 3 N–H and O–H groups in total. The average molecular weight is 303 g/mol. The highest BCUT2D eigenvalue weighted by Gasteiger charge is 2.19. The van der Waals surface area contributed by atoms with E-state index in [9.17, 15) is 9.18 Å². The molecule has 0 spiro atoms. The monoisotopic (exact) mass is 302 g/mol. The summed E-state index contributed by atoms with van der Waals surface area (Å²) >= 11 is 5.79. The number of carbonyl (C=O) groups is 1. The summed E-state index contributed by atoms with van der Waals surface area (Å²) in [4.78, 5) is 11.7. The number of alkyl carbamates (subject to hydrolysis) is 1. The predicted molar refractivity (Wildman–Crippen MR) is 77.3 cm³/mol. The summed E-state index contributed by atoms with van der Waals surface area (Å²) in [6.07, 6.45) is -0.164. The fourth-order valence-corrected chi connectivity index (χ4v) is 1.93. The lowest BCUT2D eigenvalue weighted by Crippen LogP contribution is -2.44. The molecular formula is C14H20ClFN2O2. The molecule has 1 aromatic carbocycles. The van der Waals surface area contributed by atoms with E-state index < -0.39 is 17.5 Å². The van der Waals surface area contributed by atoms with Gasteiger partial charge in [-0.05, 0) is 51.0 Å². The lowest BCUT2D eigenvalue weighted by Gasteiger charge is -2.23. The average Bonchev–Trinajstić information content (AvgIpc) is 2.23. The molecule has 0 saturated carbocycles. The first kappa shape index (κ1) is 16.7. The van der Waals surface area contributed by atoms with Crippen LogP contribution in [0.4, 0.5) is 9.18 Å². The first-order valence-electron chi connectivity index (χ1n) is 6.34. The topological polar surface area (TPSA) is 64.3 Å². The van der Waals surface area contributed by atoms with Crippen LogP contribution in [-0.2, 0) is 11.2 Å². The third kappa shape index (κ3) is 6.21. The van der Waals surface area contributed by atoms with Crippen LogP contribution in [0.5, 0.6) is 0 Å². The van der Waals surface area contributed by atoms with E-state index in [-0.39, 0.29) is 12.6 Å². The summed E-state index contributed by atoms with van der Waals surface area (Å²) in [7, 11) is 0. The molecular weight excluding hydrogens is 283 g/mol. The molecule has 0 aliphatic carbocycles. The van der Waals surface area contributed by atoms with E-state index >= 15 is 0 Å². The molecule has 0 fully saturated rings. The van der Waals surface area contributed by atoms with Crippen molar-refractivity contribution in [3.05, 3.63) is 34.6 Å². The Morgan fingerprint density at radius 2 is 2.10 bits per heavy atom. The molecule has 0 aliphatic heterocycles. The van der Waals surface area contributed by atoms with E-state index in [1.54, 1.807) is 26.8 Å². The van der Waals surface area contributed by atoms with Gasteiger partial charge in [0.2, 0.25) is 0 Å². The number of halogens is 2. The Morgan fingerprint density at radius 1 is 1.45 bits per heavy atom. The van der Waals surface area contributed by atoms with Crippen molar-refractivity contribution >= 4 is 17.7 Å². The molecule has 1 rings (SSSR count). The lowest BCUT2D eigenvalue weighted by atomic mass is 10.1. The first-order chi connectivity index (χ1) is 9.19. The zero-order valence-electron chi connectivity index (χ0n) is 11.9. The van der Waals surface area contributed by atoms with Crippen LogP contribution in [-0.4, -0.2) is 24.3 Å². The van der Waals surface area contributed by atoms with Gasteiger partial charge in [-0.3, -0.25) is 0 Å². The van der Waals surface area contributed by atoms with Gasteiger partial charge in [-0.25, -0.2) is 9.18 Å². The third-order valence-electron chi connectivity index (χ3n) is 2.41. The number of benzene rings is 1. The van der Waals surface area contributed by atoms with E-state index in [1.807, 2.05) is 0 Å². The quantitative estimate of drug-likeness (QED) is 0.899. The number of nitrogens with two attached hydrogens (primary N) is 1. The lowest BCUT2D eigenvalue weighted by molar-refractivity contribution is 0.0506. The molecule has 1 amide bonds. The number of hydrogen-bond donors (Lipinski definition) is 2. The van der Waals surface area contributed by atoms with Gasteiger partial charge in [0.15, 0.2) is 0 Å². The normalized spacial score (nSPS) is 12.9. The minimum atomic E-state index is -0.578. The van der Waals surface area contributed by atoms with Crippen LogP contribution in [0.2, 0.25) is 5.02 Å². The molecule has 0 bridgehead atoms. The standard InChI is InChI=1S/C14H20ClFN2O2/c1-14(2,3)20-13(19)18-12(8-17)6-9-4-10(15)7-11(16)5-9/h4-5,7,12H,6,8,17H2,1-3H3,(H,18,19). The number of hydrogen-bond acceptors (Lipinski definition) is 3. The summed E-state index contributed by atoms with van der Waals surface area (Å²) in [6, 6.07) is 3.89. The first-order valence-corrected chi connectivity index (χ1v) is 6.72. The van der Waals surface area contributed by atoms with Crippen molar-refractivity contribution in [2.45, 2.75) is 38.8 Å². The molecule has 1 aromatic rings. The van der Waals surface area contributed by atoms with E-state index in [4.69, 9.17) is 22.1 Å². The molecule has 6 heteroatoms. The molecule has 0 radical (unpaired) electrons. The second-order valence-electron chi connectivity index (χ2n) is 5.56. The Labute approximate surface area is 123 Å². The number of ether oxygens (including phenoxy) is 1. The predicted octanol–water partition coefficient (Wildman–Crippen LogP) is 2.87. The molecule has 4 nitrogen and oxygen atoms in total. The van der Waals surface area contributed by atoms with E-state index in [1.165, 1.54) is 12.1 Å². The van der Waals surface area contributed by atoms with E-state index in [0.29, 0.717) is 17.0 Å². The zero-order chi connectivity index (χ0) is 15.3. The van der Waals surface area contributed by atoms with Crippen LogP contribution in [0, 0.1) is 5.82 Å². The van der Waals surface area contributed by atoms with Crippen molar-refractivity contribution in [3.8, 4) is 0 Å². The fourth-order valence-electron chi connectivity index (χ4n) is 1.68. The maximum Gasteiger partial charge on any atom is 0.407 e. The molecule has 0 heterocycles. The van der Waals surface area contributed by atoms with Crippen molar-refractivity contribution in [1.82, 2.24) is 5.32 Å². The van der Waals surface area contributed by atoms with Gasteiger partial charge in [0.05, 0.1) is 0 Å². The number of nitrogens with one attached hydrogen (secondary N) is 1. The van der Waals surface area contributed by atoms with Gasteiger partial charge in [-0.15, -0.1) is 0 Å². The van der Waals surface area contributed by atoms with Crippen molar-refractivity contribution in [2.24, 2.45) is 5.73 Å². The van der Waals surface area contributed by atoms with Crippen molar-refractivity contribution in [1.29, 1.82) is 0 Å². The van der Waals surface area contributed by atoms with Crippen LogP contribution in [0.3, 0.4) is 0 Å². The summed E-state index contributed by atoms with van der Waals surface area (Å²) in [5, 5.41) is 2.97. The highest BCUT2D eigenvalue weighted by atomic mass is 35.5. The Balaban J connectivity index is 2.65. The second-order valence-corrected chi connectivity index (χ2v) is 6.00. The Kier molecular flexibility index (Phi) is 5.77. The van der Waals surface area contributed by atoms with Crippen molar-refractivity contribution in [2.75, 3.05) is 6.54 Å². The zero-order valence-corrected chi connectivity index (χ0v) is 12.6. The summed E-state index contributed by atoms with van der Waals surface area (Å²) in [5.74, 6) is -0.416. The minimum Gasteiger partial charge on any atom is -0.444 e. The van der Waals surface area contributed by atoms with Crippen LogP contribution < -0.4 is 11.1 Å². The molecule has 112 valence electrons. The summed E-state index contributed by atoms with van der Waals surface area (Å²) in [5.41, 5.74) is 5.70. The Morgan fingerprint density at radius 3 is 2.60 bits per heavy atom. The summed E-state index contributed by atoms with van der Waals surface area (Å²) in [6.45, 7) is 5.54. The third-order valence-corrected chi connectivity index (χ3v) is 2.63. The van der Waals surface area contributed by atoms with Gasteiger partial charge in [0.1, 0.15) is 11.4 Å². The van der Waals surface area contributed by atoms with Gasteiger partial charge < -0.3 is 15.8 Å². The van der Waals surface area contributed by atoms with Crippen LogP contribution in [0.15, 0.2) is 18.2 Å². The highest BCUT2D eigenvalue weighted by Crippen LogP contribution is 2.15. The van der Waals surface area contributed by atoms with Gasteiger partial charge in [-0.2, -0.15) is 0 Å². The molecule has 20 heavy (non-hydrogen) atoms. The van der Waals surface area contributed by atoms with Gasteiger partial charge in [0, 0.05) is 17.6 Å². The maximum absolute atomic E-state index is 13.2. The van der Waals surface area contributed by atoms with E-state index in [2.05, 4.69) is 5.32 Å². The maximum atomic E-state index is 13.2. The molecule has 1 unspecified atom stereocenters. The van der Waals surface area contributed by atoms with Crippen molar-refractivity contribution < 1.29 is 13.9 Å². The Hall–Kier alpha value is -1.33. The van der Waals surface area contributed by atoms with Crippen LogP contribution in [0.1, 0.15) is 26.3 Å². The molecule has 0 aromatic heterocycles. The van der Waals surface area contributed by atoms with Crippen LogP contribution in [0.25, 0.3) is 0 Å². The van der Waals surface area contributed by atoms with Gasteiger partial charge in [0.25, 0.3) is 0 Å². The van der Waals surface area contributed by atoms with Crippen LogP contribution >= 0.6 is 11.6 Å². The van der Waals surface area contributed by atoms with Gasteiger partial charge >= 0.3 is 6.09 Å².